The van der Waals surface area contributed by atoms with Crippen LogP contribution in [0.4, 0.5) is 13.2 Å². The lowest BCUT2D eigenvalue weighted by Crippen LogP contribution is -2.29. The topological polar surface area (TPSA) is 9.23 Å². The summed E-state index contributed by atoms with van der Waals surface area (Å²) in [6, 6.07) is 12.5. The number of halogens is 3. The molecule has 0 bridgehead atoms. The van der Waals surface area contributed by atoms with Gasteiger partial charge in [0.2, 0.25) is 0 Å². The lowest BCUT2D eigenvalue weighted by atomic mass is 9.73. The van der Waals surface area contributed by atoms with Crippen LogP contribution >= 0.6 is 0 Å². The van der Waals surface area contributed by atoms with E-state index >= 15 is 4.39 Å². The molecule has 1 fully saturated rings. The van der Waals surface area contributed by atoms with E-state index in [1.54, 1.807) is 24.3 Å². The molecule has 0 aliphatic heterocycles. The first-order chi connectivity index (χ1) is 14.5. The molecule has 1 saturated carbocycles. The Bertz CT molecular complexity index is 953. The molecule has 2 atom stereocenters. The van der Waals surface area contributed by atoms with Gasteiger partial charge in [-0.3, -0.25) is 0 Å². The SMILES string of the molecule is COc1ccc(C2CCC(C3=CC=C(c4ccc(C)cc4)C(F)C3F)CC2)c(F)c1. The first-order valence-electron chi connectivity index (χ1n) is 10.6. The van der Waals surface area contributed by atoms with Gasteiger partial charge < -0.3 is 4.74 Å². The van der Waals surface area contributed by atoms with Crippen LogP contribution in [0.5, 0.6) is 5.75 Å². The van der Waals surface area contributed by atoms with Gasteiger partial charge in [0, 0.05) is 6.07 Å². The summed E-state index contributed by atoms with van der Waals surface area (Å²) in [5.41, 5.74) is 3.45. The zero-order chi connectivity index (χ0) is 21.3. The third-order valence-electron chi connectivity index (χ3n) is 6.56. The molecule has 0 spiro atoms. The average molecular weight is 412 g/mol. The van der Waals surface area contributed by atoms with Gasteiger partial charge in [0.15, 0.2) is 12.3 Å². The Morgan fingerprint density at radius 3 is 2.13 bits per heavy atom. The molecule has 2 unspecified atom stereocenters. The first-order valence-corrected chi connectivity index (χ1v) is 10.6. The molecule has 0 amide bonds. The van der Waals surface area contributed by atoms with Gasteiger partial charge in [-0.25, -0.2) is 13.2 Å². The zero-order valence-electron chi connectivity index (χ0n) is 17.4. The summed E-state index contributed by atoms with van der Waals surface area (Å²) in [6.45, 7) is 1.97. The maximum atomic E-state index is 15.1. The summed E-state index contributed by atoms with van der Waals surface area (Å²) in [6.07, 6.45) is 3.25. The van der Waals surface area contributed by atoms with Crippen LogP contribution in [0.2, 0.25) is 0 Å². The van der Waals surface area contributed by atoms with Gasteiger partial charge in [0.25, 0.3) is 0 Å². The molecule has 4 heteroatoms. The molecular weight excluding hydrogens is 385 g/mol. The van der Waals surface area contributed by atoms with E-state index in [-0.39, 0.29) is 17.7 Å². The van der Waals surface area contributed by atoms with Crippen molar-refractivity contribution in [3.8, 4) is 5.75 Å². The summed E-state index contributed by atoms with van der Waals surface area (Å²) in [5.74, 6) is 0.358. The highest BCUT2D eigenvalue weighted by atomic mass is 19.2. The normalized spacial score (nSPS) is 26.7. The van der Waals surface area contributed by atoms with E-state index in [9.17, 15) is 8.78 Å². The molecule has 30 heavy (non-hydrogen) atoms. The first kappa shape index (κ1) is 20.8. The quantitative estimate of drug-likeness (QED) is 0.520. The van der Waals surface area contributed by atoms with Crippen molar-refractivity contribution in [3.63, 3.8) is 0 Å². The van der Waals surface area contributed by atoms with E-state index in [0.29, 0.717) is 22.5 Å². The van der Waals surface area contributed by atoms with Crippen LogP contribution in [0.25, 0.3) is 5.57 Å². The Kier molecular flexibility index (Phi) is 6.03. The van der Waals surface area contributed by atoms with Crippen LogP contribution in [0.1, 0.15) is 48.3 Å². The van der Waals surface area contributed by atoms with Crippen molar-refractivity contribution in [2.24, 2.45) is 5.92 Å². The molecule has 4 rings (SSSR count). The molecule has 1 nitrogen and oxygen atoms in total. The third kappa shape index (κ3) is 4.05. The van der Waals surface area contributed by atoms with Crippen molar-refractivity contribution in [1.29, 1.82) is 0 Å². The summed E-state index contributed by atoms with van der Waals surface area (Å²) in [4.78, 5) is 0. The molecule has 0 heterocycles. The van der Waals surface area contributed by atoms with Gasteiger partial charge >= 0.3 is 0 Å². The van der Waals surface area contributed by atoms with Gasteiger partial charge in [-0.1, -0.05) is 48.0 Å². The Labute approximate surface area is 176 Å². The van der Waals surface area contributed by atoms with Crippen LogP contribution in [0.15, 0.2) is 60.2 Å². The van der Waals surface area contributed by atoms with Gasteiger partial charge in [-0.2, -0.15) is 0 Å². The van der Waals surface area contributed by atoms with Crippen molar-refractivity contribution in [2.45, 2.75) is 50.9 Å². The fourth-order valence-corrected chi connectivity index (χ4v) is 4.76. The number of ether oxygens (including phenoxy) is 1. The van der Waals surface area contributed by atoms with Gasteiger partial charge in [-0.05, 0) is 72.8 Å². The second kappa shape index (κ2) is 8.71. The maximum Gasteiger partial charge on any atom is 0.161 e. The van der Waals surface area contributed by atoms with Crippen molar-refractivity contribution >= 4 is 5.57 Å². The fourth-order valence-electron chi connectivity index (χ4n) is 4.76. The summed E-state index contributed by atoms with van der Waals surface area (Å²) in [7, 11) is 1.52. The van der Waals surface area contributed by atoms with Crippen molar-refractivity contribution in [3.05, 3.63) is 82.7 Å². The van der Waals surface area contributed by atoms with E-state index in [1.807, 2.05) is 31.2 Å². The van der Waals surface area contributed by atoms with Crippen LogP contribution in [-0.4, -0.2) is 19.5 Å². The Morgan fingerprint density at radius 1 is 0.833 bits per heavy atom. The second-order valence-corrected chi connectivity index (χ2v) is 8.39. The number of aryl methyl sites for hydroxylation is 1. The highest BCUT2D eigenvalue weighted by Gasteiger charge is 2.36. The van der Waals surface area contributed by atoms with E-state index in [1.165, 1.54) is 13.2 Å². The number of alkyl halides is 2. The highest BCUT2D eigenvalue weighted by molar-refractivity contribution is 5.73. The Hall–Kier alpha value is -2.49. The smallest absolute Gasteiger partial charge is 0.161 e. The van der Waals surface area contributed by atoms with Crippen molar-refractivity contribution < 1.29 is 17.9 Å². The Balaban J connectivity index is 1.47. The van der Waals surface area contributed by atoms with E-state index in [4.69, 9.17) is 4.74 Å². The average Bonchev–Trinajstić information content (AvgIpc) is 2.76. The molecule has 0 N–H and O–H groups in total. The molecule has 2 aliphatic rings. The lowest BCUT2D eigenvalue weighted by molar-refractivity contribution is 0.214. The van der Waals surface area contributed by atoms with E-state index in [0.717, 1.165) is 36.8 Å². The second-order valence-electron chi connectivity index (χ2n) is 8.39. The number of hydrogen-bond donors (Lipinski definition) is 0. The standard InChI is InChI=1S/C26H27F3O/c1-16-3-5-18(6-4-16)22-13-14-23(26(29)25(22)28)19-9-7-17(8-10-19)21-12-11-20(30-2)15-24(21)27/h3-6,11-15,17,19,25-26H,7-10H2,1-2H3. The number of methoxy groups -OCH3 is 1. The summed E-state index contributed by atoms with van der Waals surface area (Å²) < 4.78 is 49.5. The molecule has 0 aromatic heterocycles. The van der Waals surface area contributed by atoms with Crippen LogP contribution in [0, 0.1) is 18.7 Å². The number of rotatable bonds is 4. The van der Waals surface area contributed by atoms with Crippen molar-refractivity contribution in [2.75, 3.05) is 7.11 Å². The predicted molar refractivity (Wildman–Crippen MR) is 115 cm³/mol. The fraction of sp³-hybridized carbons (Fsp3) is 0.385. The number of benzene rings is 2. The molecule has 2 aromatic rings. The monoisotopic (exact) mass is 412 g/mol. The minimum absolute atomic E-state index is 0.00614. The van der Waals surface area contributed by atoms with Crippen molar-refractivity contribution in [1.82, 2.24) is 0 Å². The molecular formula is C26H27F3O. The largest absolute Gasteiger partial charge is 0.497 e. The Morgan fingerprint density at radius 2 is 1.50 bits per heavy atom. The number of hydrogen-bond acceptors (Lipinski definition) is 1. The molecule has 2 aliphatic carbocycles. The third-order valence-corrected chi connectivity index (χ3v) is 6.56. The lowest BCUT2D eigenvalue weighted by Gasteiger charge is -2.34. The predicted octanol–water partition coefficient (Wildman–Crippen LogP) is 7.12. The van der Waals surface area contributed by atoms with Crippen LogP contribution < -0.4 is 4.74 Å². The molecule has 158 valence electrons. The van der Waals surface area contributed by atoms with Crippen LogP contribution in [0.3, 0.4) is 0 Å². The van der Waals surface area contributed by atoms with E-state index in [2.05, 4.69) is 0 Å². The van der Waals surface area contributed by atoms with Gasteiger partial charge in [0.05, 0.1) is 7.11 Å². The molecule has 0 saturated heterocycles. The summed E-state index contributed by atoms with van der Waals surface area (Å²) >= 11 is 0. The highest BCUT2D eigenvalue weighted by Crippen LogP contribution is 2.44. The zero-order valence-corrected chi connectivity index (χ0v) is 17.4. The summed E-state index contributed by atoms with van der Waals surface area (Å²) in [5, 5.41) is 0. The van der Waals surface area contributed by atoms with Gasteiger partial charge in [-0.15, -0.1) is 0 Å². The minimum Gasteiger partial charge on any atom is -0.497 e. The van der Waals surface area contributed by atoms with Crippen LogP contribution in [-0.2, 0) is 0 Å². The van der Waals surface area contributed by atoms with Gasteiger partial charge in [0.1, 0.15) is 11.6 Å². The number of allylic oxidation sites excluding steroid dienone is 4. The molecule has 0 radical (unpaired) electrons. The van der Waals surface area contributed by atoms with E-state index < -0.39 is 12.3 Å². The molecule has 2 aromatic carbocycles. The minimum atomic E-state index is -1.65. The maximum absolute atomic E-state index is 15.1.